The van der Waals surface area contributed by atoms with Gasteiger partial charge >= 0.3 is 0 Å². The number of rotatable bonds is 6. The first-order valence-corrected chi connectivity index (χ1v) is 10.7. The normalized spacial score (nSPS) is 17.4. The quantitative estimate of drug-likeness (QED) is 0.636. The van der Waals surface area contributed by atoms with E-state index in [4.69, 9.17) is 11.6 Å². The number of benzene rings is 1. The molecule has 1 atom stereocenters. The molecule has 9 heteroatoms. The Morgan fingerprint density at radius 1 is 1.21 bits per heavy atom. The molecule has 0 radical (unpaired) electrons. The summed E-state index contributed by atoms with van der Waals surface area (Å²) in [5.41, 5.74) is 0.968. The summed E-state index contributed by atoms with van der Waals surface area (Å²) in [5, 5.41) is 25.2. The van der Waals surface area contributed by atoms with Crippen molar-refractivity contribution < 1.29 is 10.2 Å². The van der Waals surface area contributed by atoms with Crippen molar-refractivity contribution in [3.63, 3.8) is 0 Å². The Kier molecular flexibility index (Phi) is 5.84. The lowest BCUT2D eigenvalue weighted by Crippen LogP contribution is -2.48. The number of hydrogen-bond acceptors (Lipinski definition) is 7. The van der Waals surface area contributed by atoms with E-state index in [1.807, 2.05) is 31.2 Å². The zero-order valence-corrected chi connectivity index (χ0v) is 17.3. The number of aromatic nitrogens is 3. The van der Waals surface area contributed by atoms with Crippen LogP contribution in [-0.2, 0) is 6.42 Å². The van der Waals surface area contributed by atoms with Gasteiger partial charge in [0.15, 0.2) is 5.82 Å². The number of nitrogens with zero attached hydrogens (tertiary/aromatic N) is 5. The Morgan fingerprint density at radius 3 is 2.61 bits per heavy atom. The molecule has 2 N–H and O–H groups in total. The number of aliphatic hydroxyl groups is 1. The van der Waals surface area contributed by atoms with Crippen molar-refractivity contribution in [3.8, 4) is 5.88 Å². The summed E-state index contributed by atoms with van der Waals surface area (Å²) in [4.78, 5) is 10.6. The molecular weight excluding hydrogens is 398 g/mol. The van der Waals surface area contributed by atoms with Gasteiger partial charge in [0.1, 0.15) is 0 Å². The lowest BCUT2D eigenvalue weighted by molar-refractivity contribution is 0.0946. The SMILES string of the molecule is CCc1nc2sc([C@H](c3ccccc3Cl)N3CCN(CCO)CC3)c(O)n2n1. The van der Waals surface area contributed by atoms with Gasteiger partial charge in [0.05, 0.1) is 17.5 Å². The predicted molar refractivity (Wildman–Crippen MR) is 110 cm³/mol. The Labute approximate surface area is 172 Å². The molecule has 1 saturated heterocycles. The van der Waals surface area contributed by atoms with E-state index >= 15 is 0 Å². The zero-order valence-electron chi connectivity index (χ0n) is 15.8. The maximum absolute atomic E-state index is 10.9. The van der Waals surface area contributed by atoms with Crippen LogP contribution in [0.25, 0.3) is 4.96 Å². The summed E-state index contributed by atoms with van der Waals surface area (Å²) >= 11 is 8.02. The third-order valence-electron chi connectivity index (χ3n) is 5.20. The van der Waals surface area contributed by atoms with Crippen molar-refractivity contribution in [3.05, 3.63) is 45.6 Å². The number of halogens is 1. The minimum Gasteiger partial charge on any atom is -0.492 e. The molecule has 28 heavy (non-hydrogen) atoms. The maximum Gasteiger partial charge on any atom is 0.230 e. The largest absolute Gasteiger partial charge is 0.492 e. The monoisotopic (exact) mass is 421 g/mol. The van der Waals surface area contributed by atoms with Crippen molar-refractivity contribution in [1.29, 1.82) is 0 Å². The van der Waals surface area contributed by atoms with Crippen LogP contribution in [0, 0.1) is 0 Å². The number of fused-ring (bicyclic) bond motifs is 1. The van der Waals surface area contributed by atoms with E-state index in [2.05, 4.69) is 19.9 Å². The molecule has 0 unspecified atom stereocenters. The number of thiazole rings is 1. The minimum atomic E-state index is -0.163. The molecule has 1 aromatic carbocycles. The topological polar surface area (TPSA) is 77.1 Å². The Bertz CT molecular complexity index is 951. The molecule has 2 aromatic heterocycles. The lowest BCUT2D eigenvalue weighted by atomic mass is 10.0. The number of piperazine rings is 1. The molecule has 0 spiro atoms. The van der Waals surface area contributed by atoms with E-state index in [-0.39, 0.29) is 18.5 Å². The summed E-state index contributed by atoms with van der Waals surface area (Å²) in [5.74, 6) is 0.856. The molecule has 1 aliphatic heterocycles. The Balaban J connectivity index is 1.73. The first kappa shape index (κ1) is 19.6. The Morgan fingerprint density at radius 2 is 1.96 bits per heavy atom. The predicted octanol–water partition coefficient (Wildman–Crippen LogP) is 2.41. The second-order valence-corrected chi connectivity index (χ2v) is 8.31. The first-order chi connectivity index (χ1) is 13.6. The molecule has 1 fully saturated rings. The van der Waals surface area contributed by atoms with Gasteiger partial charge in [-0.25, -0.2) is 4.98 Å². The van der Waals surface area contributed by atoms with Gasteiger partial charge in [0.2, 0.25) is 10.8 Å². The van der Waals surface area contributed by atoms with Crippen LogP contribution in [0.3, 0.4) is 0 Å². The van der Waals surface area contributed by atoms with Gasteiger partial charge in [-0.15, -0.1) is 5.10 Å². The van der Waals surface area contributed by atoms with Crippen molar-refractivity contribution in [2.24, 2.45) is 0 Å². The number of aromatic hydroxyl groups is 1. The zero-order chi connectivity index (χ0) is 19.7. The van der Waals surface area contributed by atoms with Crippen LogP contribution in [-0.4, -0.2) is 73.9 Å². The van der Waals surface area contributed by atoms with Crippen LogP contribution >= 0.6 is 22.9 Å². The maximum atomic E-state index is 10.9. The van der Waals surface area contributed by atoms with Crippen molar-refractivity contribution in [2.45, 2.75) is 19.4 Å². The van der Waals surface area contributed by atoms with E-state index in [0.29, 0.717) is 16.5 Å². The second-order valence-electron chi connectivity index (χ2n) is 6.89. The lowest BCUT2D eigenvalue weighted by Gasteiger charge is -2.39. The summed E-state index contributed by atoms with van der Waals surface area (Å²) in [7, 11) is 0. The molecule has 3 heterocycles. The summed E-state index contributed by atoms with van der Waals surface area (Å²) in [6.07, 6.45) is 0.726. The van der Waals surface area contributed by atoms with E-state index in [1.165, 1.54) is 15.9 Å². The molecule has 0 saturated carbocycles. The van der Waals surface area contributed by atoms with E-state index in [0.717, 1.165) is 48.9 Å². The van der Waals surface area contributed by atoms with Crippen LogP contribution in [0.5, 0.6) is 5.88 Å². The van der Waals surface area contributed by atoms with Gasteiger partial charge in [-0.05, 0) is 11.6 Å². The molecule has 0 bridgehead atoms. The number of aliphatic hydroxyl groups excluding tert-OH is 1. The molecular formula is C19H24ClN5O2S. The van der Waals surface area contributed by atoms with Gasteiger partial charge in [-0.3, -0.25) is 9.80 Å². The van der Waals surface area contributed by atoms with Crippen LogP contribution in [0.1, 0.15) is 29.2 Å². The van der Waals surface area contributed by atoms with Crippen LogP contribution in [0.2, 0.25) is 5.02 Å². The van der Waals surface area contributed by atoms with Gasteiger partial charge in [-0.1, -0.05) is 48.1 Å². The van der Waals surface area contributed by atoms with E-state index in [1.54, 1.807) is 0 Å². The molecule has 0 amide bonds. The third-order valence-corrected chi connectivity index (χ3v) is 6.61. The smallest absolute Gasteiger partial charge is 0.230 e. The Hall–Kier alpha value is -1.71. The van der Waals surface area contributed by atoms with Crippen LogP contribution < -0.4 is 0 Å². The molecule has 4 rings (SSSR count). The number of β-amino-alcohol motifs (C(OH)–C–C–N with tert-alkyl or cyclic N) is 1. The highest BCUT2D eigenvalue weighted by Crippen LogP contribution is 2.42. The van der Waals surface area contributed by atoms with Gasteiger partial charge in [0.25, 0.3) is 0 Å². The summed E-state index contributed by atoms with van der Waals surface area (Å²) in [6, 6.07) is 7.62. The highest BCUT2D eigenvalue weighted by atomic mass is 35.5. The van der Waals surface area contributed by atoms with Gasteiger partial charge in [-0.2, -0.15) is 4.52 Å². The second kappa shape index (κ2) is 8.34. The fourth-order valence-corrected chi connectivity index (χ4v) is 5.07. The van der Waals surface area contributed by atoms with Gasteiger partial charge in [0, 0.05) is 44.2 Å². The highest BCUT2D eigenvalue weighted by molar-refractivity contribution is 7.17. The first-order valence-electron chi connectivity index (χ1n) is 9.51. The molecule has 0 aliphatic carbocycles. The average molecular weight is 422 g/mol. The van der Waals surface area contributed by atoms with Crippen LogP contribution in [0.4, 0.5) is 0 Å². The van der Waals surface area contributed by atoms with Gasteiger partial charge < -0.3 is 10.2 Å². The molecule has 150 valence electrons. The van der Waals surface area contributed by atoms with Crippen molar-refractivity contribution >= 4 is 27.9 Å². The summed E-state index contributed by atoms with van der Waals surface area (Å²) in [6.45, 7) is 6.23. The number of hydrogen-bond donors (Lipinski definition) is 2. The number of aryl methyl sites for hydroxylation is 1. The molecule has 3 aromatic rings. The highest BCUT2D eigenvalue weighted by Gasteiger charge is 2.32. The summed E-state index contributed by atoms with van der Waals surface area (Å²) < 4.78 is 1.53. The van der Waals surface area contributed by atoms with E-state index < -0.39 is 0 Å². The fourth-order valence-electron chi connectivity index (χ4n) is 3.71. The van der Waals surface area contributed by atoms with E-state index in [9.17, 15) is 10.2 Å². The van der Waals surface area contributed by atoms with Crippen LogP contribution in [0.15, 0.2) is 24.3 Å². The third kappa shape index (κ3) is 3.62. The molecule has 7 nitrogen and oxygen atoms in total. The fraction of sp³-hybridized carbons (Fsp3) is 0.474. The standard InChI is InChI=1S/C19H24ClN5O2S/c1-2-15-21-19-25(22-15)18(27)17(28-19)16(13-5-3-4-6-14(13)20)24-9-7-23(8-10-24)11-12-26/h3-6,16,26-27H,2,7-12H2,1H3/t16-/m0/s1. The van der Waals surface area contributed by atoms with Crippen molar-refractivity contribution in [1.82, 2.24) is 24.4 Å². The average Bonchev–Trinajstić information content (AvgIpc) is 3.24. The minimum absolute atomic E-state index is 0.134. The van der Waals surface area contributed by atoms with Crippen molar-refractivity contribution in [2.75, 3.05) is 39.3 Å². The molecule has 1 aliphatic rings.